The van der Waals surface area contributed by atoms with Crippen LogP contribution >= 0.6 is 0 Å². The van der Waals surface area contributed by atoms with Crippen molar-refractivity contribution in [3.05, 3.63) is 95.6 Å². The van der Waals surface area contributed by atoms with E-state index in [0.29, 0.717) is 25.9 Å². The zero-order valence-electron chi connectivity index (χ0n) is 23.6. The minimum Gasteiger partial charge on any atom is -0.480 e. The first-order valence-electron chi connectivity index (χ1n) is 14.2. The second kappa shape index (κ2) is 11.7. The number of benzene rings is 3. The van der Waals surface area contributed by atoms with Crippen LogP contribution in [0.25, 0.3) is 11.1 Å². The smallest absolute Gasteiger partial charge is 0.408 e. The third kappa shape index (κ3) is 5.84. The molecule has 3 aromatic rings. The first kappa shape index (κ1) is 28.4. The molecule has 8 heteroatoms. The van der Waals surface area contributed by atoms with Crippen molar-refractivity contribution in [1.82, 2.24) is 15.5 Å². The van der Waals surface area contributed by atoms with E-state index < -0.39 is 29.0 Å². The van der Waals surface area contributed by atoms with Gasteiger partial charge in [-0.2, -0.15) is 0 Å². The number of ether oxygens (including phenoxy) is 1. The van der Waals surface area contributed by atoms with Crippen molar-refractivity contribution in [3.63, 3.8) is 0 Å². The van der Waals surface area contributed by atoms with E-state index in [-0.39, 0.29) is 18.9 Å². The summed E-state index contributed by atoms with van der Waals surface area (Å²) in [7, 11) is 0. The van der Waals surface area contributed by atoms with E-state index in [2.05, 4.69) is 51.9 Å². The maximum absolute atomic E-state index is 13.7. The zero-order valence-corrected chi connectivity index (χ0v) is 23.6. The van der Waals surface area contributed by atoms with Gasteiger partial charge >= 0.3 is 12.1 Å². The van der Waals surface area contributed by atoms with Gasteiger partial charge in [0.25, 0.3) is 0 Å². The molecule has 2 aliphatic rings. The van der Waals surface area contributed by atoms with E-state index in [1.165, 1.54) is 12.5 Å². The molecule has 1 aliphatic heterocycles. The second-order valence-electron chi connectivity index (χ2n) is 11.2. The van der Waals surface area contributed by atoms with E-state index in [1.807, 2.05) is 42.5 Å². The van der Waals surface area contributed by atoms with Crippen molar-refractivity contribution in [3.8, 4) is 11.1 Å². The largest absolute Gasteiger partial charge is 0.480 e. The Morgan fingerprint density at radius 1 is 0.927 bits per heavy atom. The molecule has 1 atom stereocenters. The van der Waals surface area contributed by atoms with Gasteiger partial charge in [0.2, 0.25) is 5.91 Å². The van der Waals surface area contributed by atoms with Crippen molar-refractivity contribution in [2.45, 2.75) is 56.7 Å². The predicted molar refractivity (Wildman–Crippen MR) is 156 cm³/mol. The minimum absolute atomic E-state index is 0.110. The molecule has 41 heavy (non-hydrogen) atoms. The number of amides is 2. The number of hydrogen-bond acceptors (Lipinski definition) is 5. The summed E-state index contributed by atoms with van der Waals surface area (Å²) in [6.07, 6.45) is 0.173. The molecule has 1 unspecified atom stereocenters. The van der Waals surface area contributed by atoms with Crippen LogP contribution in [-0.2, 0) is 20.9 Å². The van der Waals surface area contributed by atoms with Crippen LogP contribution in [0.5, 0.6) is 0 Å². The van der Waals surface area contributed by atoms with Crippen LogP contribution in [-0.4, -0.2) is 58.8 Å². The fourth-order valence-corrected chi connectivity index (χ4v) is 5.84. The Kier molecular flexibility index (Phi) is 8.13. The Hall–Kier alpha value is -4.17. The van der Waals surface area contributed by atoms with Crippen LogP contribution in [0.3, 0.4) is 0 Å². The Labute approximate surface area is 240 Å². The fraction of sp³-hybridized carbons (Fsp3) is 0.364. The Morgan fingerprint density at radius 3 is 2.05 bits per heavy atom. The zero-order chi connectivity index (χ0) is 29.0. The molecule has 0 bridgehead atoms. The third-order valence-electron chi connectivity index (χ3n) is 8.65. The molecule has 214 valence electrons. The van der Waals surface area contributed by atoms with Gasteiger partial charge in [0, 0.05) is 25.6 Å². The van der Waals surface area contributed by atoms with Gasteiger partial charge in [-0.05, 0) is 54.0 Å². The number of fused-ring (bicyclic) bond motifs is 3. The number of likely N-dealkylation sites (tertiary alicyclic amines) is 1. The van der Waals surface area contributed by atoms with Crippen LogP contribution in [0.15, 0.2) is 78.9 Å². The standard InChI is InChI=1S/C33H37N3O5/c1-3-32(2,30(38)39)34-29(37)33(17-19-36(20-18-33)21-23-11-5-4-6-12-23)35-31(40)41-22-28-26-15-9-7-13-24(26)25-14-8-10-16-27(25)28/h4-16,28H,3,17-22H2,1-2H3,(H,34,37)(H,35,40)(H,38,39). The van der Waals surface area contributed by atoms with Crippen LogP contribution in [0.1, 0.15) is 55.7 Å². The highest BCUT2D eigenvalue weighted by molar-refractivity contribution is 5.94. The molecule has 5 rings (SSSR count). The third-order valence-corrected chi connectivity index (χ3v) is 8.65. The summed E-state index contributed by atoms with van der Waals surface area (Å²) < 4.78 is 5.78. The molecule has 0 aromatic heterocycles. The number of hydrogen-bond donors (Lipinski definition) is 3. The number of carboxylic acids is 1. The molecule has 2 amide bonds. The summed E-state index contributed by atoms with van der Waals surface area (Å²) in [6.45, 7) is 5.16. The maximum atomic E-state index is 13.7. The summed E-state index contributed by atoms with van der Waals surface area (Å²) in [5.74, 6) is -1.73. The van der Waals surface area contributed by atoms with Crippen molar-refractivity contribution in [2.24, 2.45) is 0 Å². The topological polar surface area (TPSA) is 108 Å². The Bertz CT molecular complexity index is 1370. The van der Waals surface area contributed by atoms with Crippen LogP contribution in [0.4, 0.5) is 4.79 Å². The first-order chi connectivity index (χ1) is 19.7. The number of piperidine rings is 1. The summed E-state index contributed by atoms with van der Waals surface area (Å²) in [5, 5.41) is 15.4. The van der Waals surface area contributed by atoms with E-state index >= 15 is 0 Å². The van der Waals surface area contributed by atoms with Gasteiger partial charge in [0.05, 0.1) is 0 Å². The lowest BCUT2D eigenvalue weighted by Gasteiger charge is -2.42. The van der Waals surface area contributed by atoms with Gasteiger partial charge in [-0.15, -0.1) is 0 Å². The van der Waals surface area contributed by atoms with Crippen LogP contribution < -0.4 is 10.6 Å². The molecule has 1 aliphatic carbocycles. The van der Waals surface area contributed by atoms with Crippen molar-refractivity contribution >= 4 is 18.0 Å². The Morgan fingerprint density at radius 2 is 1.49 bits per heavy atom. The second-order valence-corrected chi connectivity index (χ2v) is 11.2. The molecule has 3 aromatic carbocycles. The molecular formula is C33H37N3O5. The minimum atomic E-state index is -1.45. The number of aliphatic carboxylic acids is 1. The molecular weight excluding hydrogens is 518 g/mol. The number of carbonyl (C=O) groups is 3. The molecule has 3 N–H and O–H groups in total. The van der Waals surface area contributed by atoms with Gasteiger partial charge < -0.3 is 20.5 Å². The van der Waals surface area contributed by atoms with Gasteiger partial charge in [0.1, 0.15) is 17.7 Å². The lowest BCUT2D eigenvalue weighted by molar-refractivity contribution is -0.148. The SMILES string of the molecule is CCC(C)(NC(=O)C1(NC(=O)OCC2c3ccccc3-c3ccccc32)CCN(Cc2ccccc2)CC1)C(=O)O. The molecule has 1 saturated heterocycles. The summed E-state index contributed by atoms with van der Waals surface area (Å²) in [4.78, 5) is 41.2. The van der Waals surface area contributed by atoms with E-state index in [0.717, 1.165) is 28.8 Å². The molecule has 8 nitrogen and oxygen atoms in total. The van der Waals surface area contributed by atoms with Gasteiger partial charge in [-0.25, -0.2) is 9.59 Å². The number of carbonyl (C=O) groups excluding carboxylic acids is 2. The summed E-state index contributed by atoms with van der Waals surface area (Å²) >= 11 is 0. The van der Waals surface area contributed by atoms with E-state index in [4.69, 9.17) is 4.74 Å². The number of rotatable bonds is 9. The fourth-order valence-electron chi connectivity index (χ4n) is 5.84. The summed E-state index contributed by atoms with van der Waals surface area (Å²) in [5.41, 5.74) is 2.89. The maximum Gasteiger partial charge on any atom is 0.408 e. The van der Waals surface area contributed by atoms with Crippen LogP contribution in [0, 0.1) is 0 Å². The number of nitrogens with one attached hydrogen (secondary N) is 2. The number of nitrogens with zero attached hydrogens (tertiary/aromatic N) is 1. The number of carboxylic acid groups (broad SMARTS) is 1. The monoisotopic (exact) mass is 555 g/mol. The first-order valence-corrected chi connectivity index (χ1v) is 14.2. The lowest BCUT2D eigenvalue weighted by Crippen LogP contribution is -2.67. The molecule has 0 radical (unpaired) electrons. The van der Waals surface area contributed by atoms with Crippen molar-refractivity contribution < 1.29 is 24.2 Å². The number of alkyl carbamates (subject to hydrolysis) is 1. The highest BCUT2D eigenvalue weighted by Gasteiger charge is 2.46. The van der Waals surface area contributed by atoms with Gasteiger partial charge in [-0.1, -0.05) is 85.8 Å². The molecule has 0 spiro atoms. The van der Waals surface area contributed by atoms with Crippen molar-refractivity contribution in [1.29, 1.82) is 0 Å². The van der Waals surface area contributed by atoms with Gasteiger partial charge in [0.15, 0.2) is 0 Å². The van der Waals surface area contributed by atoms with E-state index in [1.54, 1.807) is 6.92 Å². The van der Waals surface area contributed by atoms with Crippen molar-refractivity contribution in [2.75, 3.05) is 19.7 Å². The highest BCUT2D eigenvalue weighted by Crippen LogP contribution is 2.44. The molecule has 0 saturated carbocycles. The normalized spacial score (nSPS) is 17.5. The summed E-state index contributed by atoms with van der Waals surface area (Å²) in [6, 6.07) is 26.3. The predicted octanol–water partition coefficient (Wildman–Crippen LogP) is 4.93. The highest BCUT2D eigenvalue weighted by atomic mass is 16.5. The molecule has 1 heterocycles. The molecule has 1 fully saturated rings. The average Bonchev–Trinajstić information content (AvgIpc) is 3.31. The Balaban J connectivity index is 1.31. The van der Waals surface area contributed by atoms with Crippen LogP contribution in [0.2, 0.25) is 0 Å². The van der Waals surface area contributed by atoms with E-state index in [9.17, 15) is 19.5 Å². The quantitative estimate of drug-likeness (QED) is 0.346. The average molecular weight is 556 g/mol. The lowest BCUT2D eigenvalue weighted by atomic mass is 9.84. The van der Waals surface area contributed by atoms with Gasteiger partial charge in [-0.3, -0.25) is 9.69 Å².